The number of nitriles is 1. The highest BCUT2D eigenvalue weighted by molar-refractivity contribution is 7.93. The van der Waals surface area contributed by atoms with Crippen LogP contribution in [-0.2, 0) is 10.0 Å². The van der Waals surface area contributed by atoms with Gasteiger partial charge in [-0.3, -0.25) is 0 Å². The van der Waals surface area contributed by atoms with Crippen LogP contribution < -0.4 is 9.62 Å². The fourth-order valence-electron chi connectivity index (χ4n) is 2.36. The van der Waals surface area contributed by atoms with Gasteiger partial charge < -0.3 is 15.1 Å². The monoisotopic (exact) mass is 381 g/mol. The predicted molar refractivity (Wildman–Crippen MR) is 103 cm³/mol. The Morgan fingerprint density at radius 3 is 2.31 bits per heavy atom. The molecule has 7 nitrogen and oxygen atoms in total. The van der Waals surface area contributed by atoms with Gasteiger partial charge in [0.1, 0.15) is 6.07 Å². The molecule has 0 radical (unpaired) electrons. The van der Waals surface area contributed by atoms with E-state index in [0.717, 1.165) is 31.6 Å². The fraction of sp³-hybridized carbons (Fsp3) is 0.500. The first-order valence-corrected chi connectivity index (χ1v) is 10.1. The molecule has 8 heteroatoms. The van der Waals surface area contributed by atoms with Crippen LogP contribution in [-0.4, -0.2) is 51.0 Å². The molecule has 1 aromatic carbocycles. The molecule has 0 bridgehead atoms. The molecule has 1 aromatic rings. The number of hydrogen-bond acceptors (Lipinski definition) is 6. The molecule has 0 aliphatic carbocycles. The maximum atomic E-state index is 12.1. The molecule has 1 atom stereocenters. The highest BCUT2D eigenvalue weighted by Crippen LogP contribution is 2.18. The summed E-state index contributed by atoms with van der Waals surface area (Å²) in [5.74, 6) is 0. The van der Waals surface area contributed by atoms with Crippen LogP contribution in [0.3, 0.4) is 0 Å². The lowest BCUT2D eigenvalue weighted by atomic mass is 10.1. The molecule has 0 aromatic heterocycles. The van der Waals surface area contributed by atoms with E-state index in [4.69, 9.17) is 5.11 Å². The zero-order valence-electron chi connectivity index (χ0n) is 15.2. The fourth-order valence-corrected chi connectivity index (χ4v) is 3.34. The summed E-state index contributed by atoms with van der Waals surface area (Å²) in [6.07, 6.45) is 2.13. The molecule has 0 aliphatic rings. The van der Waals surface area contributed by atoms with Gasteiger partial charge in [0.2, 0.25) is 0 Å². The zero-order valence-corrected chi connectivity index (χ0v) is 16.0. The van der Waals surface area contributed by atoms with Gasteiger partial charge in [0.05, 0.1) is 12.7 Å². The SMILES string of the molecule is CCCN(CCC)c1ccc(C=C(C#N)S(=O)(=O)NCC(O)CO)cc1. The first-order valence-electron chi connectivity index (χ1n) is 8.63. The molecule has 0 aliphatic heterocycles. The largest absolute Gasteiger partial charge is 0.394 e. The number of rotatable bonds is 11. The second-order valence-electron chi connectivity index (χ2n) is 5.89. The Kier molecular flexibility index (Phi) is 9.30. The topological polar surface area (TPSA) is 114 Å². The van der Waals surface area contributed by atoms with Crippen molar-refractivity contribution in [3.05, 3.63) is 34.7 Å². The van der Waals surface area contributed by atoms with Crippen molar-refractivity contribution in [1.82, 2.24) is 4.72 Å². The van der Waals surface area contributed by atoms with Gasteiger partial charge in [0, 0.05) is 25.3 Å². The van der Waals surface area contributed by atoms with Crippen LogP contribution >= 0.6 is 0 Å². The van der Waals surface area contributed by atoms with Crippen LogP contribution in [0, 0.1) is 11.3 Å². The maximum absolute atomic E-state index is 12.1. The minimum atomic E-state index is -4.05. The van der Waals surface area contributed by atoms with Crippen molar-refractivity contribution in [2.75, 3.05) is 31.1 Å². The average Bonchev–Trinajstić information content (AvgIpc) is 2.64. The molecule has 144 valence electrons. The Balaban J connectivity index is 2.97. The zero-order chi connectivity index (χ0) is 19.6. The summed E-state index contributed by atoms with van der Waals surface area (Å²) in [5, 5.41) is 27.2. The molecule has 3 N–H and O–H groups in total. The minimum Gasteiger partial charge on any atom is -0.394 e. The number of sulfonamides is 1. The van der Waals surface area contributed by atoms with Crippen LogP contribution in [0.1, 0.15) is 32.3 Å². The van der Waals surface area contributed by atoms with Crippen molar-refractivity contribution >= 4 is 21.8 Å². The third kappa shape index (κ3) is 6.77. The van der Waals surface area contributed by atoms with E-state index in [9.17, 15) is 18.8 Å². The maximum Gasteiger partial charge on any atom is 0.250 e. The highest BCUT2D eigenvalue weighted by atomic mass is 32.2. The van der Waals surface area contributed by atoms with Gasteiger partial charge in [-0.15, -0.1) is 0 Å². The number of anilines is 1. The minimum absolute atomic E-state index is 0.361. The summed E-state index contributed by atoms with van der Waals surface area (Å²) >= 11 is 0. The van der Waals surface area contributed by atoms with E-state index < -0.39 is 27.6 Å². The molecule has 0 heterocycles. The van der Waals surface area contributed by atoms with Gasteiger partial charge >= 0.3 is 0 Å². The van der Waals surface area contributed by atoms with Crippen molar-refractivity contribution < 1.29 is 18.6 Å². The van der Waals surface area contributed by atoms with Gasteiger partial charge in [-0.05, 0) is 36.6 Å². The second kappa shape index (κ2) is 10.9. The van der Waals surface area contributed by atoms with Gasteiger partial charge in [-0.1, -0.05) is 26.0 Å². The molecule has 0 fully saturated rings. The van der Waals surface area contributed by atoms with Gasteiger partial charge in [-0.2, -0.15) is 5.26 Å². The molecule has 26 heavy (non-hydrogen) atoms. The van der Waals surface area contributed by atoms with Crippen LogP contribution in [0.25, 0.3) is 6.08 Å². The normalized spacial score (nSPS) is 13.3. The highest BCUT2D eigenvalue weighted by Gasteiger charge is 2.18. The molecule has 0 amide bonds. The lowest BCUT2D eigenvalue weighted by Gasteiger charge is -2.23. The van der Waals surface area contributed by atoms with Crippen LogP contribution in [0.15, 0.2) is 29.2 Å². The Morgan fingerprint density at radius 1 is 1.27 bits per heavy atom. The van der Waals surface area contributed by atoms with E-state index in [-0.39, 0.29) is 6.54 Å². The molecule has 1 rings (SSSR count). The third-order valence-electron chi connectivity index (χ3n) is 3.66. The lowest BCUT2D eigenvalue weighted by Crippen LogP contribution is -2.34. The van der Waals surface area contributed by atoms with Crippen LogP contribution in [0.2, 0.25) is 0 Å². The van der Waals surface area contributed by atoms with Crippen molar-refractivity contribution in [2.24, 2.45) is 0 Å². The second-order valence-corrected chi connectivity index (χ2v) is 7.62. The Labute approximate surface area is 155 Å². The molecule has 0 saturated heterocycles. The van der Waals surface area contributed by atoms with Gasteiger partial charge in [-0.25, -0.2) is 13.1 Å². The van der Waals surface area contributed by atoms with Crippen molar-refractivity contribution in [3.63, 3.8) is 0 Å². The molecule has 0 saturated carbocycles. The number of nitrogens with one attached hydrogen (secondary N) is 1. The summed E-state index contributed by atoms with van der Waals surface area (Å²) in [4.78, 5) is 1.81. The van der Waals surface area contributed by atoms with Crippen molar-refractivity contribution in [2.45, 2.75) is 32.8 Å². The number of allylic oxidation sites excluding steroid dienone is 1. The summed E-state index contributed by atoms with van der Waals surface area (Å²) in [7, 11) is -4.05. The summed E-state index contributed by atoms with van der Waals surface area (Å²) < 4.78 is 26.4. The molecule has 1 unspecified atom stereocenters. The van der Waals surface area contributed by atoms with Crippen molar-refractivity contribution in [3.8, 4) is 6.07 Å². The summed E-state index contributed by atoms with van der Waals surface area (Å²) in [6.45, 7) is 5.19. The Bertz CT molecular complexity index is 718. The lowest BCUT2D eigenvalue weighted by molar-refractivity contribution is 0.0989. The Morgan fingerprint density at radius 2 is 1.85 bits per heavy atom. The van der Waals surface area contributed by atoms with E-state index in [2.05, 4.69) is 23.5 Å². The van der Waals surface area contributed by atoms with Gasteiger partial charge in [0.15, 0.2) is 4.91 Å². The smallest absolute Gasteiger partial charge is 0.250 e. The van der Waals surface area contributed by atoms with E-state index in [1.165, 1.54) is 6.08 Å². The number of aliphatic hydroxyl groups is 2. The first kappa shape index (κ1) is 22.1. The first-order chi connectivity index (χ1) is 12.4. The standard InChI is InChI=1S/C18H27N3O4S/c1-3-9-21(10-4-2)16-7-5-15(6-8-16)11-18(12-19)26(24,25)20-13-17(23)14-22/h5-8,11,17,20,22-23H,3-4,9-10,13-14H2,1-2H3. The molecular weight excluding hydrogens is 354 g/mol. The molecule has 0 spiro atoms. The number of benzene rings is 1. The van der Waals surface area contributed by atoms with E-state index in [1.54, 1.807) is 18.2 Å². The molecular formula is C18H27N3O4S. The van der Waals surface area contributed by atoms with Crippen LogP contribution in [0.4, 0.5) is 5.69 Å². The van der Waals surface area contributed by atoms with E-state index in [0.29, 0.717) is 5.56 Å². The number of nitrogens with zero attached hydrogens (tertiary/aromatic N) is 2. The quantitative estimate of drug-likeness (QED) is 0.500. The van der Waals surface area contributed by atoms with Crippen molar-refractivity contribution in [1.29, 1.82) is 5.26 Å². The average molecular weight is 381 g/mol. The van der Waals surface area contributed by atoms with Gasteiger partial charge in [0.25, 0.3) is 10.0 Å². The number of hydrogen-bond donors (Lipinski definition) is 3. The van der Waals surface area contributed by atoms with Crippen LogP contribution in [0.5, 0.6) is 0 Å². The summed E-state index contributed by atoms with van der Waals surface area (Å²) in [5.41, 5.74) is 1.64. The predicted octanol–water partition coefficient (Wildman–Crippen LogP) is 1.45. The van der Waals surface area contributed by atoms with E-state index >= 15 is 0 Å². The Hall–Kier alpha value is -1.92. The summed E-state index contributed by atoms with van der Waals surface area (Å²) in [6, 6.07) is 9.01. The van der Waals surface area contributed by atoms with E-state index in [1.807, 2.05) is 12.1 Å². The number of aliphatic hydroxyl groups excluding tert-OH is 2. The third-order valence-corrected chi connectivity index (χ3v) is 5.00.